The van der Waals surface area contributed by atoms with Crippen LogP contribution < -0.4 is 0 Å². The molecule has 0 saturated heterocycles. The summed E-state index contributed by atoms with van der Waals surface area (Å²) in [5, 5.41) is 19.3. The van der Waals surface area contributed by atoms with Gasteiger partial charge in [-0.05, 0) is 40.8 Å². The topological polar surface area (TPSA) is 44.0 Å². The fourth-order valence-corrected chi connectivity index (χ4v) is 3.23. The average Bonchev–Trinajstić information content (AvgIpc) is 2.51. The van der Waals surface area contributed by atoms with Gasteiger partial charge in [-0.25, -0.2) is 0 Å². The van der Waals surface area contributed by atoms with Crippen molar-refractivity contribution in [2.75, 3.05) is 0 Å². The van der Waals surface area contributed by atoms with Crippen LogP contribution in [0.4, 0.5) is 0 Å². The SMILES string of the molecule is N#CCc1c(O)ccc2sc(I)cc12. The van der Waals surface area contributed by atoms with E-state index in [1.54, 1.807) is 17.4 Å². The predicted octanol–water partition coefficient (Wildman–Crippen LogP) is 3.28. The average molecular weight is 315 g/mol. The summed E-state index contributed by atoms with van der Waals surface area (Å²) in [6.07, 6.45) is 0.260. The van der Waals surface area contributed by atoms with Crippen molar-refractivity contribution >= 4 is 44.0 Å². The van der Waals surface area contributed by atoms with Crippen LogP contribution in [0, 0.1) is 14.2 Å². The van der Waals surface area contributed by atoms with Gasteiger partial charge in [-0.1, -0.05) is 0 Å². The van der Waals surface area contributed by atoms with Crippen molar-refractivity contribution in [1.82, 2.24) is 0 Å². The summed E-state index contributed by atoms with van der Waals surface area (Å²) in [6.45, 7) is 0. The van der Waals surface area contributed by atoms with Gasteiger partial charge in [-0.3, -0.25) is 0 Å². The minimum absolute atomic E-state index is 0.216. The molecule has 0 saturated carbocycles. The second kappa shape index (κ2) is 3.75. The molecule has 0 aliphatic rings. The Hall–Kier alpha value is -0.800. The van der Waals surface area contributed by atoms with Crippen LogP contribution in [-0.4, -0.2) is 5.11 Å². The number of hydrogen-bond acceptors (Lipinski definition) is 3. The van der Waals surface area contributed by atoms with Gasteiger partial charge in [0.15, 0.2) is 0 Å². The van der Waals surface area contributed by atoms with Gasteiger partial charge in [0.1, 0.15) is 5.75 Å². The van der Waals surface area contributed by atoms with E-state index >= 15 is 0 Å². The molecule has 4 heteroatoms. The first-order chi connectivity index (χ1) is 6.72. The zero-order chi connectivity index (χ0) is 10.1. The van der Waals surface area contributed by atoms with Gasteiger partial charge >= 0.3 is 0 Å². The van der Waals surface area contributed by atoms with Crippen LogP contribution in [0.15, 0.2) is 18.2 Å². The van der Waals surface area contributed by atoms with E-state index in [1.165, 1.54) is 2.88 Å². The van der Waals surface area contributed by atoms with Crippen LogP contribution in [0.2, 0.25) is 0 Å². The second-order valence-corrected chi connectivity index (χ2v) is 5.84. The van der Waals surface area contributed by atoms with Crippen molar-refractivity contribution in [1.29, 1.82) is 5.26 Å². The van der Waals surface area contributed by atoms with Crippen molar-refractivity contribution in [2.45, 2.75) is 6.42 Å². The van der Waals surface area contributed by atoms with Gasteiger partial charge in [0.2, 0.25) is 0 Å². The van der Waals surface area contributed by atoms with Gasteiger partial charge in [0.25, 0.3) is 0 Å². The van der Waals surface area contributed by atoms with E-state index < -0.39 is 0 Å². The van der Waals surface area contributed by atoms with Crippen LogP contribution >= 0.6 is 33.9 Å². The van der Waals surface area contributed by atoms with E-state index in [9.17, 15) is 5.11 Å². The Bertz CT molecular complexity index is 527. The Morgan fingerprint density at radius 3 is 3.00 bits per heavy atom. The highest BCUT2D eigenvalue weighted by Crippen LogP contribution is 2.33. The molecule has 0 bridgehead atoms. The van der Waals surface area contributed by atoms with Gasteiger partial charge < -0.3 is 5.11 Å². The molecule has 2 aromatic rings. The molecule has 14 heavy (non-hydrogen) atoms. The van der Waals surface area contributed by atoms with E-state index in [4.69, 9.17) is 5.26 Å². The summed E-state index contributed by atoms with van der Waals surface area (Å²) < 4.78 is 2.29. The van der Waals surface area contributed by atoms with Crippen molar-refractivity contribution in [3.63, 3.8) is 0 Å². The fourth-order valence-electron chi connectivity index (χ4n) is 1.39. The lowest BCUT2D eigenvalue weighted by Gasteiger charge is -2.00. The largest absolute Gasteiger partial charge is 0.508 e. The van der Waals surface area contributed by atoms with Crippen LogP contribution in [-0.2, 0) is 6.42 Å². The maximum atomic E-state index is 9.60. The quantitative estimate of drug-likeness (QED) is 0.821. The number of nitriles is 1. The number of aromatic hydroxyl groups is 1. The molecule has 70 valence electrons. The van der Waals surface area contributed by atoms with Gasteiger partial charge in [0.05, 0.1) is 15.4 Å². The van der Waals surface area contributed by atoms with Gasteiger partial charge in [0, 0.05) is 15.6 Å². The summed E-state index contributed by atoms with van der Waals surface area (Å²) in [5.74, 6) is 0.216. The second-order valence-electron chi connectivity index (χ2n) is 2.86. The molecule has 1 aromatic carbocycles. The fraction of sp³-hybridized carbons (Fsp3) is 0.100. The molecule has 0 atom stereocenters. The number of nitrogens with zero attached hydrogens (tertiary/aromatic N) is 1. The maximum absolute atomic E-state index is 9.60. The molecule has 1 heterocycles. The van der Waals surface area contributed by atoms with Gasteiger partial charge in [-0.2, -0.15) is 5.26 Å². The highest BCUT2D eigenvalue weighted by atomic mass is 127. The molecule has 0 radical (unpaired) electrons. The number of phenols is 1. The number of phenolic OH excluding ortho intramolecular Hbond substituents is 1. The minimum atomic E-state index is 0.216. The molecular formula is C10H6INOS. The zero-order valence-electron chi connectivity index (χ0n) is 7.12. The first-order valence-electron chi connectivity index (χ1n) is 3.99. The number of fused-ring (bicyclic) bond motifs is 1. The van der Waals surface area contributed by atoms with Crippen LogP contribution in [0.5, 0.6) is 5.75 Å². The monoisotopic (exact) mass is 315 g/mol. The molecule has 2 rings (SSSR count). The van der Waals surface area contributed by atoms with Crippen LogP contribution in [0.25, 0.3) is 10.1 Å². The molecular weight excluding hydrogens is 309 g/mol. The highest BCUT2D eigenvalue weighted by molar-refractivity contribution is 14.1. The number of thiophene rings is 1. The van der Waals surface area contributed by atoms with Crippen molar-refractivity contribution < 1.29 is 5.11 Å². The minimum Gasteiger partial charge on any atom is -0.508 e. The first kappa shape index (κ1) is 9.74. The third kappa shape index (κ3) is 1.57. The lowest BCUT2D eigenvalue weighted by Crippen LogP contribution is -1.83. The zero-order valence-corrected chi connectivity index (χ0v) is 10.1. The van der Waals surface area contributed by atoms with Crippen LogP contribution in [0.1, 0.15) is 5.56 Å². The smallest absolute Gasteiger partial charge is 0.120 e. The standard InChI is InChI=1S/C10H6INOS/c11-10-5-7-6(3-4-12)8(13)1-2-9(7)14-10/h1-2,5,13H,3H2. The Kier molecular flexibility index (Phi) is 2.61. The third-order valence-corrected chi connectivity index (χ3v) is 3.87. The van der Waals surface area contributed by atoms with Crippen molar-refractivity contribution in [3.8, 4) is 11.8 Å². The Morgan fingerprint density at radius 1 is 1.50 bits per heavy atom. The number of rotatable bonds is 1. The molecule has 0 aliphatic heterocycles. The molecule has 0 aliphatic carbocycles. The van der Waals surface area contributed by atoms with E-state index in [2.05, 4.69) is 28.7 Å². The van der Waals surface area contributed by atoms with Crippen molar-refractivity contribution in [3.05, 3.63) is 26.6 Å². The number of hydrogen-bond donors (Lipinski definition) is 1. The lowest BCUT2D eigenvalue weighted by atomic mass is 10.1. The van der Waals surface area contributed by atoms with Crippen LogP contribution in [0.3, 0.4) is 0 Å². The maximum Gasteiger partial charge on any atom is 0.120 e. The van der Waals surface area contributed by atoms with E-state index in [0.717, 1.165) is 15.6 Å². The van der Waals surface area contributed by atoms with E-state index in [0.29, 0.717) is 0 Å². The molecule has 0 fully saturated rings. The third-order valence-electron chi connectivity index (χ3n) is 2.01. The summed E-state index contributed by atoms with van der Waals surface area (Å²) >= 11 is 3.91. The number of halogens is 1. The Balaban J connectivity index is 2.76. The molecule has 1 aromatic heterocycles. The Morgan fingerprint density at radius 2 is 2.29 bits per heavy atom. The lowest BCUT2D eigenvalue weighted by molar-refractivity contribution is 0.471. The molecule has 2 nitrogen and oxygen atoms in total. The highest BCUT2D eigenvalue weighted by Gasteiger charge is 2.08. The molecule has 0 spiro atoms. The van der Waals surface area contributed by atoms with Crippen molar-refractivity contribution in [2.24, 2.45) is 0 Å². The predicted molar refractivity (Wildman–Crippen MR) is 65.5 cm³/mol. The summed E-state index contributed by atoms with van der Waals surface area (Å²) in [4.78, 5) is 0. The first-order valence-corrected chi connectivity index (χ1v) is 5.88. The Labute approximate surface area is 98.9 Å². The summed E-state index contributed by atoms with van der Waals surface area (Å²) in [5.41, 5.74) is 0.740. The molecule has 0 unspecified atom stereocenters. The normalized spacial score (nSPS) is 10.3. The molecule has 1 N–H and O–H groups in total. The molecule has 0 amide bonds. The van der Waals surface area contributed by atoms with E-state index in [-0.39, 0.29) is 12.2 Å². The number of benzene rings is 1. The van der Waals surface area contributed by atoms with Gasteiger partial charge in [-0.15, -0.1) is 11.3 Å². The summed E-state index contributed by atoms with van der Waals surface area (Å²) in [6, 6.07) is 7.62. The summed E-state index contributed by atoms with van der Waals surface area (Å²) in [7, 11) is 0. The van der Waals surface area contributed by atoms with E-state index in [1.807, 2.05) is 12.1 Å².